The molecule has 0 aromatic heterocycles. The molecule has 1 saturated carbocycles. The van der Waals surface area contributed by atoms with E-state index in [0.717, 1.165) is 18.5 Å². The molecule has 1 aliphatic carbocycles. The summed E-state index contributed by atoms with van der Waals surface area (Å²) in [5.74, 6) is -0.486. The monoisotopic (exact) mass is 377 g/mol. The van der Waals surface area contributed by atoms with Gasteiger partial charge in [-0.15, -0.1) is 0 Å². The van der Waals surface area contributed by atoms with Crippen LogP contribution >= 0.6 is 0 Å². The van der Waals surface area contributed by atoms with Crippen LogP contribution in [0.1, 0.15) is 29.6 Å². The van der Waals surface area contributed by atoms with Crippen LogP contribution in [0.15, 0.2) is 24.3 Å². The molecule has 8 heteroatoms. The van der Waals surface area contributed by atoms with E-state index in [0.29, 0.717) is 5.56 Å². The molecule has 0 spiro atoms. The fraction of sp³-hybridized carbons (Fsp3) is 0.579. The second-order valence-corrected chi connectivity index (χ2v) is 7.39. The number of anilines is 1. The van der Waals surface area contributed by atoms with Crippen molar-refractivity contribution in [2.45, 2.75) is 49.7 Å². The van der Waals surface area contributed by atoms with E-state index in [1.54, 1.807) is 12.1 Å². The minimum Gasteiger partial charge on any atom is -0.388 e. The van der Waals surface area contributed by atoms with Gasteiger partial charge in [-0.25, -0.2) is 0 Å². The molecule has 1 aliphatic heterocycles. The van der Waals surface area contributed by atoms with Crippen LogP contribution in [-0.4, -0.2) is 73.1 Å². The third-order valence-corrected chi connectivity index (χ3v) is 4.90. The van der Waals surface area contributed by atoms with Gasteiger partial charge in [0.25, 0.3) is 5.91 Å². The number of nitrogens with zero attached hydrogens (tertiary/aromatic N) is 1. The van der Waals surface area contributed by atoms with E-state index in [9.17, 15) is 19.8 Å². The number of aliphatic hydroxyl groups excluding tert-OH is 2. The third kappa shape index (κ3) is 4.97. The predicted molar refractivity (Wildman–Crippen MR) is 99.6 cm³/mol. The van der Waals surface area contributed by atoms with Crippen LogP contribution in [0.3, 0.4) is 0 Å². The summed E-state index contributed by atoms with van der Waals surface area (Å²) < 4.78 is 5.61. The van der Waals surface area contributed by atoms with Gasteiger partial charge in [-0.3, -0.25) is 9.59 Å². The van der Waals surface area contributed by atoms with Crippen molar-refractivity contribution in [3.8, 4) is 0 Å². The number of benzene rings is 1. The minimum absolute atomic E-state index is 0.00876. The summed E-state index contributed by atoms with van der Waals surface area (Å²) in [6.07, 6.45) is -1.90. The normalized spacial score (nSPS) is 27.3. The number of hydrogen-bond donors (Lipinski definition) is 4. The molecule has 0 bridgehead atoms. The second kappa shape index (κ2) is 8.24. The number of carbonyl (C=O) groups is 2. The van der Waals surface area contributed by atoms with Gasteiger partial charge < -0.3 is 30.5 Å². The quantitative estimate of drug-likeness (QED) is 0.517. The molecule has 1 aromatic carbocycles. The van der Waals surface area contributed by atoms with Crippen molar-refractivity contribution in [3.63, 3.8) is 0 Å². The number of hydrogen-bond acceptors (Lipinski definition) is 6. The Labute approximate surface area is 158 Å². The van der Waals surface area contributed by atoms with Gasteiger partial charge in [0.1, 0.15) is 18.3 Å². The highest BCUT2D eigenvalue weighted by Crippen LogP contribution is 2.25. The van der Waals surface area contributed by atoms with Gasteiger partial charge in [0.15, 0.2) is 0 Å². The van der Waals surface area contributed by atoms with E-state index in [2.05, 4.69) is 10.6 Å². The summed E-state index contributed by atoms with van der Waals surface area (Å²) in [7, 11) is 3.83. The molecule has 27 heavy (non-hydrogen) atoms. The van der Waals surface area contributed by atoms with Crippen LogP contribution in [0.2, 0.25) is 0 Å². The summed E-state index contributed by atoms with van der Waals surface area (Å²) >= 11 is 0. The summed E-state index contributed by atoms with van der Waals surface area (Å²) in [4.78, 5) is 26.1. The molecular formula is C19H27N3O5. The molecule has 1 aromatic rings. The molecule has 3 rings (SSSR count). The van der Waals surface area contributed by atoms with Crippen LogP contribution in [-0.2, 0) is 9.53 Å². The molecule has 2 fully saturated rings. The Balaban J connectivity index is 1.49. The molecule has 4 N–H and O–H groups in total. The van der Waals surface area contributed by atoms with Gasteiger partial charge in [0.2, 0.25) is 5.91 Å². The number of amides is 2. The molecule has 4 atom stereocenters. The third-order valence-electron chi connectivity index (χ3n) is 4.90. The van der Waals surface area contributed by atoms with Crippen LogP contribution in [0.5, 0.6) is 0 Å². The molecule has 2 amide bonds. The Kier molecular flexibility index (Phi) is 5.98. The van der Waals surface area contributed by atoms with Gasteiger partial charge in [-0.05, 0) is 37.1 Å². The van der Waals surface area contributed by atoms with Crippen LogP contribution in [0.25, 0.3) is 0 Å². The van der Waals surface area contributed by atoms with Gasteiger partial charge in [-0.1, -0.05) is 0 Å². The summed E-state index contributed by atoms with van der Waals surface area (Å²) in [6.45, 7) is 0.0488. The average molecular weight is 377 g/mol. The molecule has 0 unspecified atom stereocenters. The highest BCUT2D eigenvalue weighted by molar-refractivity contribution is 5.94. The molecular weight excluding hydrogens is 350 g/mol. The number of aliphatic hydroxyl groups is 2. The Hall–Kier alpha value is -2.16. The summed E-state index contributed by atoms with van der Waals surface area (Å²) in [5, 5.41) is 25.8. The molecule has 2 aliphatic rings. The SMILES string of the molecule is CN(C)c1ccc(C(=O)NC[C@H]2O[C@@H](CC(=O)NC3CC3)[C@H](O)[C@@H]2O)cc1. The lowest BCUT2D eigenvalue weighted by Crippen LogP contribution is -2.40. The van der Waals surface area contributed by atoms with Crippen molar-refractivity contribution < 1.29 is 24.5 Å². The Bertz CT molecular complexity index is 674. The highest BCUT2D eigenvalue weighted by Gasteiger charge is 2.43. The largest absolute Gasteiger partial charge is 0.388 e. The summed E-state index contributed by atoms with van der Waals surface area (Å²) in [6, 6.07) is 7.35. The van der Waals surface area contributed by atoms with Crippen LogP contribution in [0, 0.1) is 0 Å². The number of rotatable bonds is 7. The smallest absolute Gasteiger partial charge is 0.251 e. The van der Waals surface area contributed by atoms with E-state index < -0.39 is 24.4 Å². The number of ether oxygens (including phenoxy) is 1. The number of carbonyl (C=O) groups excluding carboxylic acids is 2. The zero-order valence-electron chi connectivity index (χ0n) is 15.6. The maximum atomic E-state index is 12.3. The van der Waals surface area contributed by atoms with E-state index in [1.165, 1.54) is 0 Å². The van der Waals surface area contributed by atoms with Crippen molar-refractivity contribution in [1.82, 2.24) is 10.6 Å². The summed E-state index contributed by atoms with van der Waals surface area (Å²) in [5.41, 5.74) is 1.48. The second-order valence-electron chi connectivity index (χ2n) is 7.39. The molecule has 0 radical (unpaired) electrons. The zero-order chi connectivity index (χ0) is 19.6. The molecule has 1 heterocycles. The minimum atomic E-state index is -1.16. The first kappa shape index (κ1) is 19.6. The maximum absolute atomic E-state index is 12.3. The van der Waals surface area contributed by atoms with Crippen molar-refractivity contribution in [2.24, 2.45) is 0 Å². The predicted octanol–water partition coefficient (Wildman–Crippen LogP) is -0.360. The standard InChI is InChI=1S/C19H27N3O5/c1-22(2)13-7-3-11(4-8-13)19(26)20-10-15-18(25)17(24)14(27-15)9-16(23)21-12-5-6-12/h3-4,7-8,12,14-15,17-18,24-25H,5-6,9-10H2,1-2H3,(H,20,26)(H,21,23)/t14-,15+,17-,18+/m0/s1. The van der Waals surface area contributed by atoms with Crippen LogP contribution in [0.4, 0.5) is 5.69 Å². The Morgan fingerprint density at radius 3 is 2.33 bits per heavy atom. The Morgan fingerprint density at radius 1 is 1.11 bits per heavy atom. The fourth-order valence-electron chi connectivity index (χ4n) is 3.07. The average Bonchev–Trinajstić information content (AvgIpc) is 3.42. The lowest BCUT2D eigenvalue weighted by Gasteiger charge is -2.16. The lowest BCUT2D eigenvalue weighted by atomic mass is 10.1. The van der Waals surface area contributed by atoms with Crippen molar-refractivity contribution in [2.75, 3.05) is 25.5 Å². The zero-order valence-corrected chi connectivity index (χ0v) is 15.6. The van der Waals surface area contributed by atoms with Crippen molar-refractivity contribution in [1.29, 1.82) is 0 Å². The van der Waals surface area contributed by atoms with E-state index in [1.807, 2.05) is 31.1 Å². The maximum Gasteiger partial charge on any atom is 0.251 e. The van der Waals surface area contributed by atoms with Crippen molar-refractivity contribution >= 4 is 17.5 Å². The molecule has 1 saturated heterocycles. The van der Waals surface area contributed by atoms with Gasteiger partial charge in [0, 0.05) is 37.9 Å². The first-order valence-electron chi connectivity index (χ1n) is 9.21. The van der Waals surface area contributed by atoms with Gasteiger partial charge >= 0.3 is 0 Å². The first-order chi connectivity index (χ1) is 12.8. The topological polar surface area (TPSA) is 111 Å². The first-order valence-corrected chi connectivity index (χ1v) is 9.21. The molecule has 8 nitrogen and oxygen atoms in total. The molecule has 148 valence electrons. The fourth-order valence-corrected chi connectivity index (χ4v) is 3.07. The van der Waals surface area contributed by atoms with Gasteiger partial charge in [-0.2, -0.15) is 0 Å². The lowest BCUT2D eigenvalue weighted by molar-refractivity contribution is -0.125. The van der Waals surface area contributed by atoms with Gasteiger partial charge in [0.05, 0.1) is 12.5 Å². The Morgan fingerprint density at radius 2 is 1.74 bits per heavy atom. The van der Waals surface area contributed by atoms with Crippen LogP contribution < -0.4 is 15.5 Å². The van der Waals surface area contributed by atoms with E-state index >= 15 is 0 Å². The van der Waals surface area contributed by atoms with E-state index in [4.69, 9.17) is 4.74 Å². The van der Waals surface area contributed by atoms with E-state index in [-0.39, 0.29) is 30.8 Å². The number of nitrogens with one attached hydrogen (secondary N) is 2. The highest BCUT2D eigenvalue weighted by atomic mass is 16.5. The van der Waals surface area contributed by atoms with Crippen molar-refractivity contribution in [3.05, 3.63) is 29.8 Å².